The Hall–Kier alpha value is -6.91. The number of hydrogen-bond donors (Lipinski definition) is 0. The molecule has 0 bridgehead atoms. The Bertz CT molecular complexity index is 2850. The van der Waals surface area contributed by atoms with Gasteiger partial charge < -0.3 is 4.42 Å². The highest BCUT2D eigenvalue weighted by Crippen LogP contribution is 2.43. The summed E-state index contributed by atoms with van der Waals surface area (Å²) >= 11 is 0. The van der Waals surface area contributed by atoms with E-state index in [1.165, 1.54) is 16.3 Å². The zero-order valence-electron chi connectivity index (χ0n) is 27.5. The molecule has 10 rings (SSSR count). The second-order valence-corrected chi connectivity index (χ2v) is 12.8. The van der Waals surface area contributed by atoms with E-state index in [0.29, 0.717) is 17.5 Å². The highest BCUT2D eigenvalue weighted by atomic mass is 16.3. The third-order valence-electron chi connectivity index (χ3n) is 9.75. The lowest BCUT2D eigenvalue weighted by Gasteiger charge is -2.14. The Morgan fingerprint density at radius 2 is 0.882 bits per heavy atom. The van der Waals surface area contributed by atoms with Gasteiger partial charge in [0, 0.05) is 27.5 Å². The maximum Gasteiger partial charge on any atom is 0.164 e. The summed E-state index contributed by atoms with van der Waals surface area (Å²) in [6.07, 6.45) is 0. The minimum absolute atomic E-state index is 0.636. The molecule has 238 valence electrons. The van der Waals surface area contributed by atoms with Gasteiger partial charge in [-0.1, -0.05) is 152 Å². The van der Waals surface area contributed by atoms with E-state index in [-0.39, 0.29) is 0 Å². The van der Waals surface area contributed by atoms with Crippen molar-refractivity contribution in [3.05, 3.63) is 176 Å². The number of aromatic nitrogens is 3. The summed E-state index contributed by atoms with van der Waals surface area (Å²) in [4.78, 5) is 15.0. The fourth-order valence-electron chi connectivity index (χ4n) is 7.35. The number of furan rings is 1. The first-order valence-electron chi connectivity index (χ1n) is 17.1. The number of benzene rings is 8. The van der Waals surface area contributed by atoms with Crippen molar-refractivity contribution in [2.45, 2.75) is 0 Å². The van der Waals surface area contributed by atoms with E-state index in [9.17, 15) is 0 Å². The largest absolute Gasteiger partial charge is 0.456 e. The normalized spacial score (nSPS) is 11.5. The number of rotatable bonds is 5. The zero-order valence-corrected chi connectivity index (χ0v) is 27.5. The van der Waals surface area contributed by atoms with Crippen molar-refractivity contribution in [2.75, 3.05) is 0 Å². The molecule has 0 atom stereocenters. The molecule has 2 aromatic heterocycles. The van der Waals surface area contributed by atoms with Gasteiger partial charge in [0.05, 0.1) is 0 Å². The number of hydrogen-bond acceptors (Lipinski definition) is 4. The Labute approximate surface area is 294 Å². The molecular formula is C47H29N3O. The van der Waals surface area contributed by atoms with Crippen LogP contribution >= 0.6 is 0 Å². The summed E-state index contributed by atoms with van der Waals surface area (Å²) in [5.74, 6) is 1.92. The third-order valence-corrected chi connectivity index (χ3v) is 9.75. The average Bonchev–Trinajstić information content (AvgIpc) is 3.59. The van der Waals surface area contributed by atoms with Crippen molar-refractivity contribution in [3.8, 4) is 56.4 Å². The maximum absolute atomic E-state index is 6.48. The van der Waals surface area contributed by atoms with E-state index in [2.05, 4.69) is 115 Å². The average molecular weight is 652 g/mol. The molecular weight excluding hydrogens is 623 g/mol. The molecule has 8 aromatic carbocycles. The van der Waals surface area contributed by atoms with E-state index in [1.54, 1.807) is 0 Å². The molecule has 0 saturated heterocycles. The van der Waals surface area contributed by atoms with Crippen molar-refractivity contribution in [1.29, 1.82) is 0 Å². The summed E-state index contributed by atoms with van der Waals surface area (Å²) in [6, 6.07) is 61.0. The van der Waals surface area contributed by atoms with Gasteiger partial charge in [-0.25, -0.2) is 15.0 Å². The SMILES string of the molecule is c1ccc(-c2nc(-c3ccccc3)nc(-c3ccc(-c4cccc5oc6ccc(-c7cccc8ccccc78)cc6c45)c4ccccc34)n2)cc1. The van der Waals surface area contributed by atoms with Crippen LogP contribution in [0, 0.1) is 0 Å². The molecule has 4 heteroatoms. The molecule has 4 nitrogen and oxygen atoms in total. The predicted molar refractivity (Wildman–Crippen MR) is 209 cm³/mol. The van der Waals surface area contributed by atoms with E-state index in [4.69, 9.17) is 19.4 Å². The number of fused-ring (bicyclic) bond motifs is 5. The van der Waals surface area contributed by atoms with E-state index < -0.39 is 0 Å². The van der Waals surface area contributed by atoms with Gasteiger partial charge in [0.1, 0.15) is 11.2 Å². The summed E-state index contributed by atoms with van der Waals surface area (Å²) in [5, 5.41) is 6.84. The van der Waals surface area contributed by atoms with Crippen molar-refractivity contribution in [2.24, 2.45) is 0 Å². The van der Waals surface area contributed by atoms with Gasteiger partial charge in [-0.3, -0.25) is 0 Å². The lowest BCUT2D eigenvalue weighted by atomic mass is 9.91. The minimum atomic E-state index is 0.636. The molecule has 0 amide bonds. The Balaban J connectivity index is 1.17. The first kappa shape index (κ1) is 29.0. The Morgan fingerprint density at radius 3 is 1.63 bits per heavy atom. The highest BCUT2D eigenvalue weighted by molar-refractivity contribution is 6.17. The summed E-state index contributed by atoms with van der Waals surface area (Å²) < 4.78 is 6.48. The van der Waals surface area contributed by atoms with Gasteiger partial charge in [-0.15, -0.1) is 0 Å². The molecule has 2 heterocycles. The van der Waals surface area contributed by atoms with Gasteiger partial charge in [0.25, 0.3) is 0 Å². The fourth-order valence-corrected chi connectivity index (χ4v) is 7.35. The summed E-state index contributed by atoms with van der Waals surface area (Å²) in [7, 11) is 0. The second-order valence-electron chi connectivity index (χ2n) is 12.8. The zero-order chi connectivity index (χ0) is 33.7. The molecule has 10 aromatic rings. The summed E-state index contributed by atoms with van der Waals surface area (Å²) in [6.45, 7) is 0. The van der Waals surface area contributed by atoms with Crippen molar-refractivity contribution < 1.29 is 4.42 Å². The molecule has 0 aliphatic rings. The number of nitrogens with zero attached hydrogens (tertiary/aromatic N) is 3. The maximum atomic E-state index is 6.48. The van der Waals surface area contributed by atoms with Crippen LogP contribution in [0.3, 0.4) is 0 Å². The molecule has 0 aliphatic carbocycles. The van der Waals surface area contributed by atoms with Gasteiger partial charge >= 0.3 is 0 Å². The molecule has 0 saturated carbocycles. The van der Waals surface area contributed by atoms with Crippen molar-refractivity contribution in [1.82, 2.24) is 15.0 Å². The first-order valence-corrected chi connectivity index (χ1v) is 17.1. The topological polar surface area (TPSA) is 51.8 Å². The van der Waals surface area contributed by atoms with Crippen molar-refractivity contribution >= 4 is 43.5 Å². The van der Waals surface area contributed by atoms with Crippen LogP contribution in [0.15, 0.2) is 180 Å². The highest BCUT2D eigenvalue weighted by Gasteiger charge is 2.19. The fraction of sp³-hybridized carbons (Fsp3) is 0. The molecule has 0 unspecified atom stereocenters. The second kappa shape index (κ2) is 11.9. The lowest BCUT2D eigenvalue weighted by Crippen LogP contribution is -2.00. The monoisotopic (exact) mass is 651 g/mol. The van der Waals surface area contributed by atoms with Crippen LogP contribution < -0.4 is 0 Å². The van der Waals surface area contributed by atoms with Crippen LogP contribution in [0.5, 0.6) is 0 Å². The van der Waals surface area contributed by atoms with Gasteiger partial charge in [-0.05, 0) is 68.1 Å². The van der Waals surface area contributed by atoms with Crippen LogP contribution in [0.2, 0.25) is 0 Å². The van der Waals surface area contributed by atoms with Crippen LogP contribution in [0.25, 0.3) is 99.9 Å². The van der Waals surface area contributed by atoms with Gasteiger partial charge in [0.15, 0.2) is 17.5 Å². The van der Waals surface area contributed by atoms with Gasteiger partial charge in [-0.2, -0.15) is 0 Å². The van der Waals surface area contributed by atoms with Crippen LogP contribution in [0.1, 0.15) is 0 Å². The third kappa shape index (κ3) is 4.96. The molecule has 0 N–H and O–H groups in total. The molecule has 0 fully saturated rings. The molecule has 51 heavy (non-hydrogen) atoms. The predicted octanol–water partition coefficient (Wildman–Crippen LogP) is 12.4. The van der Waals surface area contributed by atoms with Crippen molar-refractivity contribution in [3.63, 3.8) is 0 Å². The molecule has 0 spiro atoms. The first-order chi connectivity index (χ1) is 25.3. The van der Waals surface area contributed by atoms with Crippen LogP contribution in [0.4, 0.5) is 0 Å². The summed E-state index contributed by atoms with van der Waals surface area (Å²) in [5.41, 5.74) is 9.19. The van der Waals surface area contributed by atoms with Gasteiger partial charge in [0.2, 0.25) is 0 Å². The molecule has 0 aliphatic heterocycles. The van der Waals surface area contributed by atoms with Crippen LogP contribution in [-0.4, -0.2) is 15.0 Å². The standard InChI is InChI=1S/C47H29N3O/c1-3-14-31(15-4-1)45-48-46(32-16-5-2-6-17-32)50-47(49-45)40-27-26-38(36-20-9-10-21-37(36)40)39-23-12-24-43-44(39)41-29-33(25-28-42(41)51-43)35-22-11-18-30-13-7-8-19-34(30)35/h1-29H. The van der Waals surface area contributed by atoms with Crippen LogP contribution in [-0.2, 0) is 0 Å². The molecule has 0 radical (unpaired) electrons. The Morgan fingerprint density at radius 1 is 0.314 bits per heavy atom. The lowest BCUT2D eigenvalue weighted by molar-refractivity contribution is 0.669. The van der Waals surface area contributed by atoms with E-state index in [0.717, 1.165) is 66.1 Å². The smallest absolute Gasteiger partial charge is 0.164 e. The van der Waals surface area contributed by atoms with E-state index in [1.807, 2.05) is 60.7 Å². The minimum Gasteiger partial charge on any atom is -0.456 e. The van der Waals surface area contributed by atoms with E-state index >= 15 is 0 Å². The Kier molecular flexibility index (Phi) is 6.78. The quantitative estimate of drug-likeness (QED) is 0.186.